The van der Waals surface area contributed by atoms with Crippen LogP contribution in [0, 0.1) is 0 Å². The van der Waals surface area contributed by atoms with Crippen molar-refractivity contribution < 1.29 is 28.5 Å². The van der Waals surface area contributed by atoms with Gasteiger partial charge in [-0.2, -0.15) is 0 Å². The molecule has 248 valence electrons. The highest BCUT2D eigenvalue weighted by Crippen LogP contribution is 2.37. The van der Waals surface area contributed by atoms with E-state index in [0.717, 1.165) is 33.0 Å². The van der Waals surface area contributed by atoms with Crippen molar-refractivity contribution in [2.45, 2.75) is 57.3 Å². The molecule has 10 heteroatoms. The molecule has 4 rings (SSSR count). The Morgan fingerprint density at radius 1 is 0.723 bits per heavy atom. The average molecular weight is 656 g/mol. The summed E-state index contributed by atoms with van der Waals surface area (Å²) in [6.45, 7) is 6.97. The van der Waals surface area contributed by atoms with Crippen LogP contribution in [0.15, 0.2) is 114 Å². The lowest BCUT2D eigenvalue weighted by Crippen LogP contribution is -2.67. The molecule has 0 radical (unpaired) electrons. The maximum absolute atomic E-state index is 11.4. The first-order chi connectivity index (χ1) is 22.7. The summed E-state index contributed by atoms with van der Waals surface area (Å²) in [5.41, 5.74) is 10.9. The Morgan fingerprint density at radius 3 is 1.62 bits per heavy atom. The highest BCUT2D eigenvalue weighted by atomic mass is 28.4. The van der Waals surface area contributed by atoms with E-state index in [4.69, 9.17) is 28.9 Å². The lowest BCUT2D eigenvalue weighted by Gasteiger charge is -2.44. The van der Waals surface area contributed by atoms with Gasteiger partial charge in [0, 0.05) is 4.91 Å². The molecular formula is C37H45N3O6Si. The van der Waals surface area contributed by atoms with Gasteiger partial charge in [0.15, 0.2) is 0 Å². The van der Waals surface area contributed by atoms with Crippen molar-refractivity contribution in [3.63, 3.8) is 0 Å². The molecule has 47 heavy (non-hydrogen) atoms. The van der Waals surface area contributed by atoms with E-state index < -0.39 is 26.6 Å². The number of hydrogen-bond acceptors (Lipinski definition) is 7. The first-order valence-corrected chi connectivity index (χ1v) is 17.6. The van der Waals surface area contributed by atoms with E-state index >= 15 is 0 Å². The lowest BCUT2D eigenvalue weighted by atomic mass is 10.1. The van der Waals surface area contributed by atoms with E-state index in [1.54, 1.807) is 14.2 Å². The van der Waals surface area contributed by atoms with Crippen molar-refractivity contribution >= 4 is 18.7 Å². The fourth-order valence-corrected chi connectivity index (χ4v) is 10.3. The minimum absolute atomic E-state index is 0.115. The standard InChI is InChI=1S/C37H45N3O6Si/c1-37(2,3)47(32-12-8-6-9-13-32,33-14-10-7-11-15-33)46-27-35(44-25-28-16-20-30(42-4)21-17-28)36(34(41)24-39-40-38)45-26-29-18-22-31(43-5)23-19-29/h6-23,34-36,41H,24-27H2,1-5H3/t34-,35-,36-/m1/s1. The predicted octanol–water partition coefficient (Wildman–Crippen LogP) is 6.42. The molecule has 9 nitrogen and oxygen atoms in total. The number of benzene rings is 4. The van der Waals surface area contributed by atoms with E-state index in [9.17, 15) is 5.11 Å². The lowest BCUT2D eigenvalue weighted by molar-refractivity contribution is -0.140. The van der Waals surface area contributed by atoms with Crippen molar-refractivity contribution in [1.82, 2.24) is 0 Å². The minimum atomic E-state index is -2.97. The minimum Gasteiger partial charge on any atom is -0.497 e. The van der Waals surface area contributed by atoms with Crippen LogP contribution in [-0.4, -0.2) is 59.1 Å². The maximum Gasteiger partial charge on any atom is 0.261 e. The normalized spacial score (nSPS) is 13.7. The Bertz CT molecular complexity index is 1500. The number of aliphatic hydroxyl groups excluding tert-OH is 1. The van der Waals surface area contributed by atoms with E-state index in [-0.39, 0.29) is 31.4 Å². The SMILES string of the molecule is COc1ccc(CO[C@H]([C@H](O)CN=[N+]=[N-])[C@@H](CO[Si](c2ccccc2)(c2ccccc2)C(C)(C)C)OCc2ccc(OC)cc2)cc1. The van der Waals surface area contributed by atoms with Crippen LogP contribution in [0.25, 0.3) is 10.4 Å². The molecule has 0 fully saturated rings. The van der Waals surface area contributed by atoms with Gasteiger partial charge in [-0.05, 0) is 56.3 Å². The van der Waals surface area contributed by atoms with Gasteiger partial charge >= 0.3 is 0 Å². The third-order valence-electron chi connectivity index (χ3n) is 8.18. The molecule has 4 aromatic carbocycles. The monoisotopic (exact) mass is 655 g/mol. The van der Waals surface area contributed by atoms with Gasteiger partial charge in [-0.15, -0.1) is 0 Å². The van der Waals surface area contributed by atoms with Gasteiger partial charge in [0.1, 0.15) is 23.7 Å². The molecule has 4 aromatic rings. The van der Waals surface area contributed by atoms with Crippen molar-refractivity contribution in [1.29, 1.82) is 0 Å². The number of rotatable bonds is 17. The van der Waals surface area contributed by atoms with Gasteiger partial charge in [0.25, 0.3) is 8.32 Å². The highest BCUT2D eigenvalue weighted by molar-refractivity contribution is 6.99. The summed E-state index contributed by atoms with van der Waals surface area (Å²) >= 11 is 0. The predicted molar refractivity (Wildman–Crippen MR) is 187 cm³/mol. The number of azide groups is 1. The van der Waals surface area contributed by atoms with Crippen molar-refractivity contribution in [2.75, 3.05) is 27.4 Å². The van der Waals surface area contributed by atoms with Crippen LogP contribution < -0.4 is 19.8 Å². The molecule has 0 aliphatic carbocycles. The summed E-state index contributed by atoms with van der Waals surface area (Å²) in [6, 6.07) is 35.8. The Kier molecular flexibility index (Phi) is 13.0. The molecule has 1 N–H and O–H groups in total. The third-order valence-corrected chi connectivity index (χ3v) is 13.2. The van der Waals surface area contributed by atoms with Crippen LogP contribution in [0.2, 0.25) is 5.04 Å². The summed E-state index contributed by atoms with van der Waals surface area (Å²) in [4.78, 5) is 2.88. The van der Waals surface area contributed by atoms with Crippen LogP contribution in [-0.2, 0) is 27.1 Å². The fourth-order valence-electron chi connectivity index (χ4n) is 5.74. The highest BCUT2D eigenvalue weighted by Gasteiger charge is 2.51. The molecule has 0 spiro atoms. The fraction of sp³-hybridized carbons (Fsp3) is 0.351. The number of hydrogen-bond donors (Lipinski definition) is 1. The molecule has 0 saturated carbocycles. The molecule has 0 amide bonds. The van der Waals surface area contributed by atoms with Gasteiger partial charge in [0.05, 0.1) is 46.7 Å². The number of aliphatic hydroxyl groups is 1. The summed E-state index contributed by atoms with van der Waals surface area (Å²) < 4.78 is 30.9. The zero-order valence-corrected chi connectivity index (χ0v) is 28.8. The maximum atomic E-state index is 11.4. The molecule has 0 aromatic heterocycles. The third kappa shape index (κ3) is 9.23. The van der Waals surface area contributed by atoms with E-state index in [1.807, 2.05) is 84.9 Å². The Balaban J connectivity index is 1.73. The van der Waals surface area contributed by atoms with Crippen molar-refractivity contribution in [2.24, 2.45) is 5.11 Å². The van der Waals surface area contributed by atoms with Crippen molar-refractivity contribution in [3.8, 4) is 11.5 Å². The molecule has 0 unspecified atom stereocenters. The quantitative estimate of drug-likeness (QED) is 0.0608. The van der Waals surface area contributed by atoms with Crippen LogP contribution in [0.3, 0.4) is 0 Å². The molecule has 0 bridgehead atoms. The molecule has 0 heterocycles. The number of nitrogens with zero attached hydrogens (tertiary/aromatic N) is 3. The summed E-state index contributed by atoms with van der Waals surface area (Å²) in [7, 11) is 0.274. The summed E-state index contributed by atoms with van der Waals surface area (Å²) in [5, 5.41) is 17.0. The molecule has 0 aliphatic rings. The molecule has 0 aliphatic heterocycles. The first-order valence-electron chi connectivity index (χ1n) is 15.6. The van der Waals surface area contributed by atoms with Gasteiger partial charge < -0.3 is 28.5 Å². The first kappa shape index (κ1) is 35.7. The molecular weight excluding hydrogens is 611 g/mol. The van der Waals surface area contributed by atoms with Gasteiger partial charge in [-0.3, -0.25) is 0 Å². The Labute approximate surface area is 278 Å². The van der Waals surface area contributed by atoms with Crippen LogP contribution >= 0.6 is 0 Å². The topological polar surface area (TPSA) is 115 Å². The molecule has 0 saturated heterocycles. The van der Waals surface area contributed by atoms with Crippen molar-refractivity contribution in [3.05, 3.63) is 131 Å². The second-order valence-corrected chi connectivity index (χ2v) is 16.6. The Morgan fingerprint density at radius 2 is 1.19 bits per heavy atom. The summed E-state index contributed by atoms with van der Waals surface area (Å²) in [5.74, 6) is 1.47. The van der Waals surface area contributed by atoms with Gasteiger partial charge in [-0.1, -0.05) is 111 Å². The van der Waals surface area contributed by atoms with Crippen LogP contribution in [0.5, 0.6) is 11.5 Å². The van der Waals surface area contributed by atoms with Crippen LogP contribution in [0.4, 0.5) is 0 Å². The summed E-state index contributed by atoms with van der Waals surface area (Å²) in [6.07, 6.45) is -2.78. The zero-order valence-electron chi connectivity index (χ0n) is 27.8. The van der Waals surface area contributed by atoms with Crippen LogP contribution in [0.1, 0.15) is 31.9 Å². The molecule has 3 atom stereocenters. The largest absolute Gasteiger partial charge is 0.497 e. The second kappa shape index (κ2) is 17.1. The van der Waals surface area contributed by atoms with E-state index in [1.165, 1.54) is 0 Å². The second-order valence-electron chi connectivity index (χ2n) is 12.3. The average Bonchev–Trinajstić information content (AvgIpc) is 3.10. The smallest absolute Gasteiger partial charge is 0.261 e. The van der Waals surface area contributed by atoms with Gasteiger partial charge in [-0.25, -0.2) is 0 Å². The zero-order chi connectivity index (χ0) is 33.7. The van der Waals surface area contributed by atoms with E-state index in [2.05, 4.69) is 55.1 Å². The number of methoxy groups -OCH3 is 2. The number of ether oxygens (including phenoxy) is 4. The van der Waals surface area contributed by atoms with E-state index in [0.29, 0.717) is 0 Å². The Hall–Kier alpha value is -4.15. The van der Waals surface area contributed by atoms with Gasteiger partial charge in [0.2, 0.25) is 0 Å².